The molecule has 2 amide bonds. The van der Waals surface area contributed by atoms with Crippen LogP contribution in [0.1, 0.15) is 39.9 Å². The first kappa shape index (κ1) is 14.2. The van der Waals surface area contributed by atoms with Crippen molar-refractivity contribution in [1.82, 2.24) is 14.7 Å². The average Bonchev–Trinajstić information content (AvgIpc) is 3.17. The Labute approximate surface area is 134 Å². The van der Waals surface area contributed by atoms with Gasteiger partial charge in [0.05, 0.1) is 4.88 Å². The number of hydrogen-bond acceptors (Lipinski definition) is 4. The highest BCUT2D eigenvalue weighted by molar-refractivity contribution is 7.14. The van der Waals surface area contributed by atoms with E-state index in [1.54, 1.807) is 18.3 Å². The van der Waals surface area contributed by atoms with Gasteiger partial charge in [0.1, 0.15) is 0 Å². The molecule has 0 atom stereocenters. The lowest BCUT2D eigenvalue weighted by atomic mass is 10.2. The molecule has 6 heteroatoms. The summed E-state index contributed by atoms with van der Waals surface area (Å²) in [7, 11) is 0. The third kappa shape index (κ3) is 2.54. The molecule has 0 bridgehead atoms. The Morgan fingerprint density at radius 2 is 1.77 bits per heavy atom. The van der Waals surface area contributed by atoms with Gasteiger partial charge in [0, 0.05) is 57.1 Å². The molecule has 0 N–H and O–H groups in total. The molecule has 1 saturated heterocycles. The number of fused-ring (bicyclic) bond motifs is 1. The van der Waals surface area contributed by atoms with Crippen molar-refractivity contribution in [2.24, 2.45) is 0 Å². The van der Waals surface area contributed by atoms with Crippen molar-refractivity contribution in [3.05, 3.63) is 21.4 Å². The summed E-state index contributed by atoms with van der Waals surface area (Å²) < 4.78 is 0. The Hall–Kier alpha value is -1.40. The van der Waals surface area contributed by atoms with E-state index in [2.05, 4.69) is 11.0 Å². The molecule has 4 rings (SSSR count). The molecule has 118 valence electrons. The number of carbonyl (C=O) groups is 2. The summed E-state index contributed by atoms with van der Waals surface area (Å²) in [5.41, 5.74) is 1.35. The van der Waals surface area contributed by atoms with E-state index in [1.165, 1.54) is 23.3 Å². The van der Waals surface area contributed by atoms with Crippen molar-refractivity contribution >= 4 is 23.2 Å². The maximum atomic E-state index is 12.6. The molecular weight excluding hydrogens is 298 g/mol. The summed E-state index contributed by atoms with van der Waals surface area (Å²) >= 11 is 1.67. The van der Waals surface area contributed by atoms with Crippen LogP contribution in [0.3, 0.4) is 0 Å². The van der Waals surface area contributed by atoms with Crippen molar-refractivity contribution in [1.29, 1.82) is 0 Å². The van der Waals surface area contributed by atoms with E-state index in [9.17, 15) is 9.59 Å². The van der Waals surface area contributed by atoms with Crippen LogP contribution in [-0.2, 0) is 17.9 Å². The van der Waals surface area contributed by atoms with Crippen molar-refractivity contribution in [2.45, 2.75) is 38.9 Å². The van der Waals surface area contributed by atoms with E-state index in [0.717, 1.165) is 24.0 Å². The van der Waals surface area contributed by atoms with E-state index in [1.807, 2.05) is 9.80 Å². The van der Waals surface area contributed by atoms with Crippen LogP contribution < -0.4 is 0 Å². The van der Waals surface area contributed by atoms with Gasteiger partial charge >= 0.3 is 0 Å². The van der Waals surface area contributed by atoms with Gasteiger partial charge in [0.15, 0.2) is 0 Å². The quantitative estimate of drug-likeness (QED) is 0.830. The predicted molar refractivity (Wildman–Crippen MR) is 84.7 cm³/mol. The molecule has 3 heterocycles. The molecule has 2 aliphatic heterocycles. The molecule has 5 nitrogen and oxygen atoms in total. The van der Waals surface area contributed by atoms with Crippen LogP contribution in [0.15, 0.2) is 6.07 Å². The van der Waals surface area contributed by atoms with Crippen LogP contribution in [0.25, 0.3) is 0 Å². The zero-order valence-corrected chi connectivity index (χ0v) is 13.7. The number of nitrogens with zero attached hydrogens (tertiary/aromatic N) is 3. The molecule has 22 heavy (non-hydrogen) atoms. The number of amides is 2. The Balaban J connectivity index is 1.40. The van der Waals surface area contributed by atoms with Crippen LogP contribution in [0.2, 0.25) is 0 Å². The Kier molecular flexibility index (Phi) is 3.46. The summed E-state index contributed by atoms with van der Waals surface area (Å²) in [6.07, 6.45) is 2.67. The van der Waals surface area contributed by atoms with Crippen molar-refractivity contribution in [2.75, 3.05) is 26.2 Å². The average molecular weight is 319 g/mol. The molecule has 2 fully saturated rings. The summed E-state index contributed by atoms with van der Waals surface area (Å²) in [4.78, 5) is 32.5. The SMILES string of the molecule is CC(=O)N1CCN(C(=O)c2cc3c(s2)CN(C2CC2)C3)CC1. The van der Waals surface area contributed by atoms with E-state index < -0.39 is 0 Å². The standard InChI is InChI=1S/C16H21N3O2S/c1-11(20)17-4-6-18(7-5-17)16(21)14-8-12-9-19(13-2-3-13)10-15(12)22-14/h8,13H,2-7,9-10H2,1H3. The molecule has 0 spiro atoms. The van der Waals surface area contributed by atoms with Gasteiger partial charge in [-0.15, -0.1) is 11.3 Å². The van der Waals surface area contributed by atoms with Gasteiger partial charge in [-0.3, -0.25) is 14.5 Å². The number of carbonyl (C=O) groups excluding carboxylic acids is 2. The van der Waals surface area contributed by atoms with E-state index >= 15 is 0 Å². The first-order valence-corrected chi connectivity index (χ1v) is 8.84. The Morgan fingerprint density at radius 1 is 1.09 bits per heavy atom. The maximum absolute atomic E-state index is 12.6. The monoisotopic (exact) mass is 319 g/mol. The van der Waals surface area contributed by atoms with Gasteiger partial charge in [-0.1, -0.05) is 0 Å². The fraction of sp³-hybridized carbons (Fsp3) is 0.625. The minimum Gasteiger partial charge on any atom is -0.339 e. The minimum atomic E-state index is 0.0994. The first-order valence-electron chi connectivity index (χ1n) is 8.02. The first-order chi connectivity index (χ1) is 10.6. The fourth-order valence-electron chi connectivity index (χ4n) is 3.38. The molecule has 1 saturated carbocycles. The molecule has 0 aromatic carbocycles. The smallest absolute Gasteiger partial charge is 0.264 e. The highest BCUT2D eigenvalue weighted by atomic mass is 32.1. The second-order valence-electron chi connectivity index (χ2n) is 6.49. The van der Waals surface area contributed by atoms with Gasteiger partial charge in [0.25, 0.3) is 5.91 Å². The van der Waals surface area contributed by atoms with E-state index in [0.29, 0.717) is 26.2 Å². The number of piperazine rings is 1. The predicted octanol–water partition coefficient (Wildman–Crippen LogP) is 1.53. The molecule has 1 aliphatic carbocycles. The molecule has 1 aromatic heterocycles. The van der Waals surface area contributed by atoms with Crippen LogP contribution in [0, 0.1) is 0 Å². The zero-order chi connectivity index (χ0) is 15.3. The third-order valence-electron chi connectivity index (χ3n) is 4.90. The van der Waals surface area contributed by atoms with Crippen molar-refractivity contribution < 1.29 is 9.59 Å². The molecule has 3 aliphatic rings. The molecule has 1 aromatic rings. The van der Waals surface area contributed by atoms with E-state index in [-0.39, 0.29) is 11.8 Å². The van der Waals surface area contributed by atoms with Gasteiger partial charge in [-0.25, -0.2) is 0 Å². The lowest BCUT2D eigenvalue weighted by molar-refractivity contribution is -0.130. The van der Waals surface area contributed by atoms with Crippen molar-refractivity contribution in [3.8, 4) is 0 Å². The van der Waals surface area contributed by atoms with Crippen molar-refractivity contribution in [3.63, 3.8) is 0 Å². The normalized spacial score (nSPS) is 22.0. The second kappa shape index (κ2) is 5.35. The zero-order valence-electron chi connectivity index (χ0n) is 12.9. The Morgan fingerprint density at radius 3 is 2.36 bits per heavy atom. The fourth-order valence-corrected chi connectivity index (χ4v) is 4.54. The van der Waals surface area contributed by atoms with Gasteiger partial charge in [-0.2, -0.15) is 0 Å². The van der Waals surface area contributed by atoms with Crippen LogP contribution >= 0.6 is 11.3 Å². The van der Waals surface area contributed by atoms with E-state index in [4.69, 9.17) is 0 Å². The lowest BCUT2D eigenvalue weighted by Crippen LogP contribution is -2.49. The highest BCUT2D eigenvalue weighted by Crippen LogP contribution is 2.38. The molecule has 0 unspecified atom stereocenters. The molecular formula is C16H21N3O2S. The van der Waals surface area contributed by atoms with Gasteiger partial charge in [-0.05, 0) is 24.5 Å². The van der Waals surface area contributed by atoms with Crippen LogP contribution in [0.4, 0.5) is 0 Å². The highest BCUT2D eigenvalue weighted by Gasteiger charge is 2.35. The largest absolute Gasteiger partial charge is 0.339 e. The second-order valence-corrected chi connectivity index (χ2v) is 7.63. The summed E-state index contributed by atoms with van der Waals surface area (Å²) in [6.45, 7) is 6.23. The minimum absolute atomic E-state index is 0.0994. The topological polar surface area (TPSA) is 43.9 Å². The summed E-state index contributed by atoms with van der Waals surface area (Å²) in [5, 5.41) is 0. The number of thiophene rings is 1. The summed E-state index contributed by atoms with van der Waals surface area (Å²) in [6, 6.07) is 2.89. The molecule has 0 radical (unpaired) electrons. The number of hydrogen-bond donors (Lipinski definition) is 0. The summed E-state index contributed by atoms with van der Waals surface area (Å²) in [5.74, 6) is 0.239. The number of rotatable bonds is 2. The Bertz CT molecular complexity index is 591. The lowest BCUT2D eigenvalue weighted by Gasteiger charge is -2.34. The van der Waals surface area contributed by atoms with Crippen LogP contribution in [-0.4, -0.2) is 58.7 Å². The van der Waals surface area contributed by atoms with Crippen LogP contribution in [0.5, 0.6) is 0 Å². The van der Waals surface area contributed by atoms with Gasteiger partial charge < -0.3 is 9.80 Å². The third-order valence-corrected chi connectivity index (χ3v) is 6.05. The van der Waals surface area contributed by atoms with Gasteiger partial charge in [0.2, 0.25) is 5.91 Å². The maximum Gasteiger partial charge on any atom is 0.264 e.